The van der Waals surface area contributed by atoms with Crippen molar-refractivity contribution in [2.45, 2.75) is 36.8 Å². The van der Waals surface area contributed by atoms with Crippen LogP contribution < -0.4 is 11.1 Å². The highest BCUT2D eigenvalue weighted by molar-refractivity contribution is 7.98. The summed E-state index contributed by atoms with van der Waals surface area (Å²) in [5, 5.41) is 3.00. The van der Waals surface area contributed by atoms with E-state index in [0.29, 0.717) is 11.4 Å². The molecule has 0 atom stereocenters. The summed E-state index contributed by atoms with van der Waals surface area (Å²) >= 11 is 1.61. The minimum Gasteiger partial charge on any atom is -0.384 e. The number of benzene rings is 2. The van der Waals surface area contributed by atoms with Gasteiger partial charge in [-0.1, -0.05) is 45.0 Å². The number of nitrogens with zero attached hydrogens (tertiary/aromatic N) is 1. The van der Waals surface area contributed by atoms with Crippen LogP contribution in [0.15, 0.2) is 71.8 Å². The van der Waals surface area contributed by atoms with Gasteiger partial charge in [-0.15, -0.1) is 11.8 Å². The van der Waals surface area contributed by atoms with E-state index < -0.39 is 0 Å². The number of nitrogens with one attached hydrogen (secondary N) is 1. The minimum absolute atomic E-state index is 0.0854. The van der Waals surface area contributed by atoms with Crippen molar-refractivity contribution in [2.24, 2.45) is 0 Å². The fourth-order valence-electron chi connectivity index (χ4n) is 2.78. The topological polar surface area (TPSA) is 68.0 Å². The van der Waals surface area contributed by atoms with Gasteiger partial charge in [0.2, 0.25) is 0 Å². The number of pyridine rings is 1. The first-order valence-electron chi connectivity index (χ1n) is 9.17. The van der Waals surface area contributed by atoms with Crippen molar-refractivity contribution in [2.75, 3.05) is 11.1 Å². The second-order valence-corrected chi connectivity index (χ2v) is 8.67. The van der Waals surface area contributed by atoms with Crippen LogP contribution in [0.1, 0.15) is 42.3 Å². The molecule has 5 heteroatoms. The molecule has 28 heavy (non-hydrogen) atoms. The molecule has 1 aromatic heterocycles. The SMILES string of the molecule is CC(C)(C)c1ccc(NC(=O)c2ccccc2SCc2ccnc(N)c2)cc1. The van der Waals surface area contributed by atoms with Crippen LogP contribution in [0.25, 0.3) is 0 Å². The zero-order valence-corrected chi connectivity index (χ0v) is 17.2. The molecule has 0 aliphatic heterocycles. The lowest BCUT2D eigenvalue weighted by Crippen LogP contribution is -2.14. The molecule has 4 nitrogen and oxygen atoms in total. The van der Waals surface area contributed by atoms with E-state index >= 15 is 0 Å². The van der Waals surface area contributed by atoms with Gasteiger partial charge in [0, 0.05) is 22.5 Å². The molecule has 1 heterocycles. The van der Waals surface area contributed by atoms with Crippen LogP contribution in [-0.2, 0) is 11.2 Å². The number of hydrogen-bond acceptors (Lipinski definition) is 4. The second kappa shape index (κ2) is 8.48. The quantitative estimate of drug-likeness (QED) is 0.563. The number of nitrogen functional groups attached to an aromatic ring is 1. The van der Waals surface area contributed by atoms with Gasteiger partial charge < -0.3 is 11.1 Å². The molecule has 3 rings (SSSR count). The lowest BCUT2D eigenvalue weighted by Gasteiger charge is -2.19. The van der Waals surface area contributed by atoms with Gasteiger partial charge in [0.1, 0.15) is 5.82 Å². The largest absolute Gasteiger partial charge is 0.384 e. The fourth-order valence-corrected chi connectivity index (χ4v) is 3.77. The molecule has 0 unspecified atom stereocenters. The minimum atomic E-state index is -0.110. The molecular weight excluding hydrogens is 366 g/mol. The Kier molecular flexibility index (Phi) is 6.05. The van der Waals surface area contributed by atoms with E-state index in [0.717, 1.165) is 21.9 Å². The maximum absolute atomic E-state index is 12.8. The first-order valence-corrected chi connectivity index (χ1v) is 10.2. The molecular formula is C23H25N3OS. The molecule has 0 saturated carbocycles. The standard InChI is InChI=1S/C23H25N3OS/c1-23(2,3)17-8-10-18(11-9-17)26-22(27)19-6-4-5-7-20(19)28-15-16-12-13-25-21(24)14-16/h4-14H,15H2,1-3H3,(H2,24,25)(H,26,27). The number of carbonyl (C=O) groups excluding carboxylic acids is 1. The van der Waals surface area contributed by atoms with Crippen molar-refractivity contribution >= 4 is 29.2 Å². The zero-order valence-electron chi connectivity index (χ0n) is 16.4. The van der Waals surface area contributed by atoms with Gasteiger partial charge in [0.05, 0.1) is 5.56 Å². The van der Waals surface area contributed by atoms with E-state index in [1.54, 1.807) is 18.0 Å². The molecule has 1 amide bonds. The van der Waals surface area contributed by atoms with E-state index in [1.165, 1.54) is 5.56 Å². The Morgan fingerprint density at radius 1 is 1.07 bits per heavy atom. The van der Waals surface area contributed by atoms with Crippen molar-refractivity contribution in [3.8, 4) is 0 Å². The molecule has 0 saturated heterocycles. The smallest absolute Gasteiger partial charge is 0.256 e. The Morgan fingerprint density at radius 3 is 2.46 bits per heavy atom. The molecule has 0 fully saturated rings. The number of hydrogen-bond donors (Lipinski definition) is 2. The summed E-state index contributed by atoms with van der Waals surface area (Å²) in [5.41, 5.74) is 9.59. The fraction of sp³-hybridized carbons (Fsp3) is 0.217. The van der Waals surface area contributed by atoms with E-state index in [4.69, 9.17) is 5.73 Å². The van der Waals surface area contributed by atoms with E-state index in [9.17, 15) is 4.79 Å². The molecule has 3 N–H and O–H groups in total. The number of aromatic nitrogens is 1. The summed E-state index contributed by atoms with van der Waals surface area (Å²) in [6.07, 6.45) is 1.70. The van der Waals surface area contributed by atoms with Gasteiger partial charge >= 0.3 is 0 Å². The molecule has 144 valence electrons. The molecule has 0 radical (unpaired) electrons. The van der Waals surface area contributed by atoms with Crippen molar-refractivity contribution in [1.82, 2.24) is 4.98 Å². The van der Waals surface area contributed by atoms with Crippen LogP contribution in [0.2, 0.25) is 0 Å². The predicted octanol–water partition coefficient (Wildman–Crippen LogP) is 5.51. The van der Waals surface area contributed by atoms with Crippen LogP contribution >= 0.6 is 11.8 Å². The number of thioether (sulfide) groups is 1. The van der Waals surface area contributed by atoms with Gasteiger partial charge in [-0.25, -0.2) is 4.98 Å². The van der Waals surface area contributed by atoms with Gasteiger partial charge in [0.15, 0.2) is 0 Å². The third-order valence-electron chi connectivity index (χ3n) is 4.38. The summed E-state index contributed by atoms with van der Waals surface area (Å²) in [4.78, 5) is 17.8. The monoisotopic (exact) mass is 391 g/mol. The van der Waals surface area contributed by atoms with Crippen LogP contribution in [0, 0.1) is 0 Å². The van der Waals surface area contributed by atoms with Gasteiger partial charge in [0.25, 0.3) is 5.91 Å². The van der Waals surface area contributed by atoms with Crippen LogP contribution in [0.5, 0.6) is 0 Å². The van der Waals surface area contributed by atoms with Gasteiger partial charge in [-0.2, -0.15) is 0 Å². The summed E-state index contributed by atoms with van der Waals surface area (Å²) in [6.45, 7) is 6.51. The van der Waals surface area contributed by atoms with Gasteiger partial charge in [-0.3, -0.25) is 4.79 Å². The molecule has 2 aromatic carbocycles. The molecule has 0 aliphatic carbocycles. The first-order chi connectivity index (χ1) is 13.3. The Bertz CT molecular complexity index is 962. The average molecular weight is 392 g/mol. The highest BCUT2D eigenvalue weighted by Crippen LogP contribution is 2.28. The van der Waals surface area contributed by atoms with Crippen molar-refractivity contribution in [3.05, 3.63) is 83.6 Å². The predicted molar refractivity (Wildman–Crippen MR) is 118 cm³/mol. The Hall–Kier alpha value is -2.79. The Balaban J connectivity index is 1.72. The Morgan fingerprint density at radius 2 is 1.79 bits per heavy atom. The van der Waals surface area contributed by atoms with E-state index in [-0.39, 0.29) is 11.3 Å². The number of rotatable bonds is 5. The maximum Gasteiger partial charge on any atom is 0.256 e. The third kappa shape index (κ3) is 5.14. The van der Waals surface area contributed by atoms with E-state index in [2.05, 4.69) is 43.2 Å². The van der Waals surface area contributed by atoms with E-state index in [1.807, 2.05) is 48.5 Å². The first kappa shape index (κ1) is 20.0. The second-order valence-electron chi connectivity index (χ2n) is 7.66. The summed E-state index contributed by atoms with van der Waals surface area (Å²) in [5.74, 6) is 1.11. The highest BCUT2D eigenvalue weighted by atomic mass is 32.2. The lowest BCUT2D eigenvalue weighted by atomic mass is 9.87. The Labute approximate surface area is 170 Å². The zero-order chi connectivity index (χ0) is 20.1. The number of anilines is 2. The number of nitrogens with two attached hydrogens (primary N) is 1. The third-order valence-corrected chi connectivity index (χ3v) is 5.52. The molecule has 0 bridgehead atoms. The summed E-state index contributed by atoms with van der Waals surface area (Å²) in [7, 11) is 0. The van der Waals surface area contributed by atoms with Crippen LogP contribution in [0.4, 0.5) is 11.5 Å². The molecule has 3 aromatic rings. The normalized spacial score (nSPS) is 11.2. The maximum atomic E-state index is 12.8. The summed E-state index contributed by atoms with van der Waals surface area (Å²) < 4.78 is 0. The van der Waals surface area contributed by atoms with Crippen LogP contribution in [0.3, 0.4) is 0 Å². The van der Waals surface area contributed by atoms with Crippen molar-refractivity contribution in [1.29, 1.82) is 0 Å². The lowest BCUT2D eigenvalue weighted by molar-refractivity contribution is 0.102. The number of carbonyl (C=O) groups is 1. The highest BCUT2D eigenvalue weighted by Gasteiger charge is 2.15. The van der Waals surface area contributed by atoms with Crippen molar-refractivity contribution in [3.63, 3.8) is 0 Å². The molecule has 0 aliphatic rings. The summed E-state index contributed by atoms with van der Waals surface area (Å²) in [6, 6.07) is 19.4. The van der Waals surface area contributed by atoms with Crippen molar-refractivity contribution < 1.29 is 4.79 Å². The average Bonchev–Trinajstić information content (AvgIpc) is 2.66. The van der Waals surface area contributed by atoms with Crippen LogP contribution in [-0.4, -0.2) is 10.9 Å². The number of amides is 1. The van der Waals surface area contributed by atoms with Gasteiger partial charge in [-0.05, 0) is 52.9 Å². The molecule has 0 spiro atoms.